The first-order chi connectivity index (χ1) is 6.66. The third-order valence-electron chi connectivity index (χ3n) is 1.36. The van der Waals surface area contributed by atoms with Crippen LogP contribution >= 0.6 is 0 Å². The zero-order chi connectivity index (χ0) is 11.9. The quantitative estimate of drug-likeness (QED) is 0.846. The van der Waals surface area contributed by atoms with Crippen LogP contribution in [0.25, 0.3) is 0 Å². The van der Waals surface area contributed by atoms with E-state index in [1.54, 1.807) is 0 Å². The molecule has 0 amide bonds. The highest BCUT2D eigenvalue weighted by atomic mass is 32.2. The fraction of sp³-hybridized carbons (Fsp3) is 0.167. The van der Waals surface area contributed by atoms with Gasteiger partial charge in [-0.05, 0) is 12.1 Å². The minimum absolute atomic E-state index is 0.437. The molecule has 0 saturated carbocycles. The largest absolute Gasteiger partial charge is 0.504 e. The summed E-state index contributed by atoms with van der Waals surface area (Å²) in [7, 11) is -5.62. The van der Waals surface area contributed by atoms with Crippen molar-refractivity contribution in [2.24, 2.45) is 0 Å². The number of carboxylic acid groups (broad SMARTS) is 1. The normalized spacial score (nSPS) is 12.7. The van der Waals surface area contributed by atoms with Crippen molar-refractivity contribution >= 4 is 15.8 Å². The second-order valence-corrected chi connectivity index (χ2v) is 4.25. The Labute approximate surface area is 81.0 Å². The third kappa shape index (κ3) is 1.96. The molecule has 1 heterocycles. The van der Waals surface area contributed by atoms with Crippen molar-refractivity contribution in [3.63, 3.8) is 0 Å². The molecule has 1 aromatic heterocycles. The highest BCUT2D eigenvalue weighted by molar-refractivity contribution is 7.92. The number of alkyl halides is 3. The Morgan fingerprint density at radius 3 is 2.20 bits per heavy atom. The van der Waals surface area contributed by atoms with Crippen molar-refractivity contribution in [3.8, 4) is 0 Å². The van der Waals surface area contributed by atoms with Crippen molar-refractivity contribution in [2.45, 2.75) is 10.6 Å². The van der Waals surface area contributed by atoms with Crippen LogP contribution in [0.3, 0.4) is 0 Å². The molecule has 0 unspecified atom stereocenters. The SMILES string of the molecule is O=C(O)c1ccc(S(=O)(=O)C(F)(F)F)o1. The van der Waals surface area contributed by atoms with Gasteiger partial charge in [0.25, 0.3) is 0 Å². The van der Waals surface area contributed by atoms with E-state index in [0.717, 1.165) is 0 Å². The lowest BCUT2D eigenvalue weighted by molar-refractivity contribution is -0.0447. The zero-order valence-electron chi connectivity index (χ0n) is 6.78. The van der Waals surface area contributed by atoms with Gasteiger partial charge in [0, 0.05) is 0 Å². The Balaban J connectivity index is 3.24. The van der Waals surface area contributed by atoms with Gasteiger partial charge < -0.3 is 9.52 Å². The van der Waals surface area contributed by atoms with Crippen molar-refractivity contribution in [1.82, 2.24) is 0 Å². The van der Waals surface area contributed by atoms with Crippen LogP contribution in [0.1, 0.15) is 10.6 Å². The molecule has 15 heavy (non-hydrogen) atoms. The zero-order valence-corrected chi connectivity index (χ0v) is 7.59. The van der Waals surface area contributed by atoms with E-state index in [-0.39, 0.29) is 0 Å². The van der Waals surface area contributed by atoms with Crippen LogP contribution in [0.5, 0.6) is 0 Å². The Bertz CT molecular complexity index is 483. The average Bonchev–Trinajstić information content (AvgIpc) is 2.49. The van der Waals surface area contributed by atoms with E-state index in [1.807, 2.05) is 0 Å². The number of furan rings is 1. The van der Waals surface area contributed by atoms with Crippen LogP contribution in [-0.2, 0) is 9.84 Å². The molecule has 0 aliphatic carbocycles. The van der Waals surface area contributed by atoms with Gasteiger partial charge in [-0.15, -0.1) is 0 Å². The summed E-state index contributed by atoms with van der Waals surface area (Å²) < 4.78 is 61.2. The number of carbonyl (C=O) groups is 1. The third-order valence-corrected chi connectivity index (χ3v) is 2.72. The summed E-state index contributed by atoms with van der Waals surface area (Å²) >= 11 is 0. The van der Waals surface area contributed by atoms with Crippen molar-refractivity contribution in [2.75, 3.05) is 0 Å². The Morgan fingerprint density at radius 1 is 1.33 bits per heavy atom. The van der Waals surface area contributed by atoms with Gasteiger partial charge in [0.1, 0.15) is 0 Å². The average molecular weight is 244 g/mol. The van der Waals surface area contributed by atoms with Gasteiger partial charge in [-0.2, -0.15) is 13.2 Å². The van der Waals surface area contributed by atoms with E-state index >= 15 is 0 Å². The molecule has 1 rings (SSSR count). The van der Waals surface area contributed by atoms with Crippen molar-refractivity contribution in [3.05, 3.63) is 17.9 Å². The van der Waals surface area contributed by atoms with Gasteiger partial charge in [-0.3, -0.25) is 0 Å². The molecule has 0 radical (unpaired) electrons. The smallest absolute Gasteiger partial charge is 0.475 e. The predicted octanol–water partition coefficient (Wildman–Crippen LogP) is 1.27. The molecule has 1 aromatic rings. The number of hydrogen-bond donors (Lipinski definition) is 1. The van der Waals surface area contributed by atoms with Crippen molar-refractivity contribution < 1.29 is 35.9 Å². The molecule has 0 saturated heterocycles. The molecule has 84 valence electrons. The van der Waals surface area contributed by atoms with Gasteiger partial charge in [0.15, 0.2) is 0 Å². The number of halogens is 3. The standard InChI is InChI=1S/C6H3F3O5S/c7-6(8,9)15(12,13)4-2-1-3(14-4)5(10)11/h1-2H,(H,10,11). The summed E-state index contributed by atoms with van der Waals surface area (Å²) in [6.45, 7) is 0. The first-order valence-corrected chi connectivity index (χ1v) is 4.79. The van der Waals surface area contributed by atoms with E-state index in [9.17, 15) is 26.4 Å². The number of hydrogen-bond acceptors (Lipinski definition) is 4. The second-order valence-electron chi connectivity index (χ2n) is 2.37. The molecule has 0 spiro atoms. The van der Waals surface area contributed by atoms with E-state index in [4.69, 9.17) is 5.11 Å². The Kier molecular flexibility index (Phi) is 2.51. The summed E-state index contributed by atoms with van der Waals surface area (Å²) in [5.74, 6) is -2.53. The Hall–Kier alpha value is -1.51. The van der Waals surface area contributed by atoms with Crippen LogP contribution in [0.2, 0.25) is 0 Å². The summed E-state index contributed by atoms with van der Waals surface area (Å²) in [5.41, 5.74) is -5.51. The minimum Gasteiger partial charge on any atom is -0.475 e. The molecular weight excluding hydrogens is 241 g/mol. The summed E-state index contributed by atoms with van der Waals surface area (Å²) in [5, 5.41) is 6.86. The van der Waals surface area contributed by atoms with Gasteiger partial charge in [-0.1, -0.05) is 0 Å². The van der Waals surface area contributed by atoms with E-state index in [1.165, 1.54) is 0 Å². The summed E-state index contributed by atoms with van der Waals surface area (Å²) in [6.07, 6.45) is 0. The maximum atomic E-state index is 11.9. The fourth-order valence-electron chi connectivity index (χ4n) is 0.694. The molecule has 5 nitrogen and oxygen atoms in total. The van der Waals surface area contributed by atoms with Crippen molar-refractivity contribution in [1.29, 1.82) is 0 Å². The molecule has 0 aromatic carbocycles. The second kappa shape index (κ2) is 3.26. The maximum Gasteiger partial charge on any atom is 0.504 e. The summed E-state index contributed by atoms with van der Waals surface area (Å²) in [4.78, 5) is 10.2. The summed E-state index contributed by atoms with van der Waals surface area (Å²) in [6, 6.07) is 1.06. The minimum atomic E-state index is -5.62. The number of sulfone groups is 1. The monoisotopic (exact) mass is 244 g/mol. The van der Waals surface area contributed by atoms with E-state index < -0.39 is 32.2 Å². The van der Waals surface area contributed by atoms with Gasteiger partial charge in [0.2, 0.25) is 10.9 Å². The lowest BCUT2D eigenvalue weighted by Crippen LogP contribution is -2.22. The van der Waals surface area contributed by atoms with Gasteiger partial charge >= 0.3 is 21.3 Å². The predicted molar refractivity (Wildman–Crippen MR) is 38.9 cm³/mol. The molecule has 9 heteroatoms. The van der Waals surface area contributed by atoms with Crippen LogP contribution < -0.4 is 0 Å². The lowest BCUT2D eigenvalue weighted by Gasteiger charge is -2.03. The molecule has 0 aliphatic rings. The number of rotatable bonds is 2. The Morgan fingerprint density at radius 2 is 1.87 bits per heavy atom. The van der Waals surface area contributed by atoms with E-state index in [2.05, 4.69) is 4.42 Å². The fourth-order valence-corrected chi connectivity index (χ4v) is 1.37. The molecule has 1 N–H and O–H groups in total. The maximum absolute atomic E-state index is 11.9. The number of aromatic carboxylic acids is 1. The van der Waals surface area contributed by atoms with Gasteiger partial charge in [-0.25, -0.2) is 13.2 Å². The highest BCUT2D eigenvalue weighted by Crippen LogP contribution is 2.31. The first-order valence-electron chi connectivity index (χ1n) is 3.31. The van der Waals surface area contributed by atoms with E-state index in [0.29, 0.717) is 12.1 Å². The number of carboxylic acids is 1. The molecule has 0 aliphatic heterocycles. The van der Waals surface area contributed by atoms with Crippen LogP contribution in [0.4, 0.5) is 13.2 Å². The molecular formula is C6H3F3O5S. The highest BCUT2D eigenvalue weighted by Gasteiger charge is 2.49. The van der Waals surface area contributed by atoms with Gasteiger partial charge in [0.05, 0.1) is 0 Å². The lowest BCUT2D eigenvalue weighted by atomic mass is 10.5. The molecule has 0 atom stereocenters. The first kappa shape index (κ1) is 11.6. The topological polar surface area (TPSA) is 84.6 Å². The van der Waals surface area contributed by atoms with Crippen LogP contribution in [0, 0.1) is 0 Å². The van der Waals surface area contributed by atoms with Crippen LogP contribution in [0.15, 0.2) is 21.6 Å². The van der Waals surface area contributed by atoms with Crippen LogP contribution in [-0.4, -0.2) is 25.0 Å². The molecule has 0 fully saturated rings. The molecule has 0 bridgehead atoms.